The summed E-state index contributed by atoms with van der Waals surface area (Å²) in [6.07, 6.45) is 1.25. The van der Waals surface area contributed by atoms with Gasteiger partial charge in [0, 0.05) is 13.1 Å². The van der Waals surface area contributed by atoms with Crippen LogP contribution in [0.4, 0.5) is 0 Å². The van der Waals surface area contributed by atoms with Gasteiger partial charge in [0.25, 0.3) is 10.0 Å². The fourth-order valence-corrected chi connectivity index (χ4v) is 3.64. The van der Waals surface area contributed by atoms with Crippen LogP contribution in [0.3, 0.4) is 0 Å². The average Bonchev–Trinajstić information content (AvgIpc) is 2.84. The highest BCUT2D eigenvalue weighted by Gasteiger charge is 2.41. The molecule has 1 aromatic rings. The largest absolute Gasteiger partial charge is 0.481 e. The van der Waals surface area contributed by atoms with Crippen molar-refractivity contribution in [3.8, 4) is 0 Å². The highest BCUT2D eigenvalue weighted by atomic mass is 32.2. The predicted molar refractivity (Wildman–Crippen MR) is 62.4 cm³/mol. The van der Waals surface area contributed by atoms with Gasteiger partial charge in [-0.15, -0.1) is 0 Å². The van der Waals surface area contributed by atoms with Gasteiger partial charge in [-0.1, -0.05) is 6.92 Å². The molecule has 8 heteroatoms. The molecular formula is C10H15N3O4S. The quantitative estimate of drug-likeness (QED) is 0.810. The van der Waals surface area contributed by atoms with E-state index in [1.807, 2.05) is 0 Å². The van der Waals surface area contributed by atoms with Gasteiger partial charge in [-0.2, -0.15) is 4.31 Å². The van der Waals surface area contributed by atoms with E-state index in [9.17, 15) is 13.2 Å². The van der Waals surface area contributed by atoms with Gasteiger partial charge in [-0.3, -0.25) is 4.79 Å². The third kappa shape index (κ3) is 2.13. The number of nitrogens with zero attached hydrogens (tertiary/aromatic N) is 2. The molecule has 18 heavy (non-hydrogen) atoms. The summed E-state index contributed by atoms with van der Waals surface area (Å²) in [5.74, 6) is -1.29. The topological polar surface area (TPSA) is 103 Å². The number of carbonyl (C=O) groups is 1. The number of rotatable bonds is 3. The number of hydrogen-bond acceptors (Lipinski definition) is 4. The lowest BCUT2D eigenvalue weighted by atomic mass is 9.99. The molecule has 0 spiro atoms. The van der Waals surface area contributed by atoms with E-state index in [4.69, 9.17) is 5.11 Å². The number of nitrogens with one attached hydrogen (secondary N) is 1. The Balaban J connectivity index is 2.26. The molecule has 100 valence electrons. The molecule has 0 saturated carbocycles. The molecule has 0 unspecified atom stereocenters. The van der Waals surface area contributed by atoms with Crippen molar-refractivity contribution in [1.82, 2.24) is 14.3 Å². The number of H-pyrrole nitrogens is 1. The van der Waals surface area contributed by atoms with Crippen LogP contribution in [-0.4, -0.2) is 46.9 Å². The van der Waals surface area contributed by atoms with Crippen molar-refractivity contribution in [3.05, 3.63) is 12.0 Å². The van der Waals surface area contributed by atoms with Crippen LogP contribution in [-0.2, 0) is 14.8 Å². The summed E-state index contributed by atoms with van der Waals surface area (Å²) in [5.41, 5.74) is 0. The predicted octanol–water partition coefficient (Wildman–Crippen LogP) is 0.0593. The minimum atomic E-state index is -3.67. The van der Waals surface area contributed by atoms with Gasteiger partial charge in [0.05, 0.1) is 12.1 Å². The smallest absolute Gasteiger partial charge is 0.308 e. The molecule has 2 N–H and O–H groups in total. The van der Waals surface area contributed by atoms with E-state index in [1.165, 1.54) is 10.5 Å². The average molecular weight is 273 g/mol. The molecule has 1 saturated heterocycles. The normalized spacial score (nSPS) is 25.4. The van der Waals surface area contributed by atoms with Crippen molar-refractivity contribution in [2.24, 2.45) is 11.8 Å². The molecule has 2 heterocycles. The Kier molecular flexibility index (Phi) is 3.16. The Morgan fingerprint density at radius 1 is 1.56 bits per heavy atom. The van der Waals surface area contributed by atoms with Crippen LogP contribution >= 0.6 is 0 Å². The molecule has 7 nitrogen and oxygen atoms in total. The Morgan fingerprint density at radius 3 is 2.67 bits per heavy atom. The molecule has 1 fully saturated rings. The zero-order valence-electron chi connectivity index (χ0n) is 10.1. The van der Waals surface area contributed by atoms with Crippen LogP contribution < -0.4 is 0 Å². The van der Waals surface area contributed by atoms with Gasteiger partial charge in [-0.05, 0) is 12.8 Å². The van der Waals surface area contributed by atoms with Crippen molar-refractivity contribution >= 4 is 16.0 Å². The molecule has 1 aliphatic heterocycles. The lowest BCUT2D eigenvalue weighted by molar-refractivity contribution is -0.142. The highest BCUT2D eigenvalue weighted by Crippen LogP contribution is 2.27. The first kappa shape index (κ1) is 13.0. The summed E-state index contributed by atoms with van der Waals surface area (Å²) in [4.78, 5) is 17.5. The molecular weight excluding hydrogens is 258 g/mol. The molecule has 1 aliphatic rings. The Bertz CT molecular complexity index is 565. The van der Waals surface area contributed by atoms with Crippen LogP contribution in [0.25, 0.3) is 0 Å². The molecule has 0 bridgehead atoms. The summed E-state index contributed by atoms with van der Waals surface area (Å²) in [5, 5.41) is 9.01. The first-order valence-electron chi connectivity index (χ1n) is 5.57. The summed E-state index contributed by atoms with van der Waals surface area (Å²) in [6, 6.07) is 0. The Labute approximate surface area is 105 Å². The summed E-state index contributed by atoms with van der Waals surface area (Å²) < 4.78 is 25.6. The zero-order chi connectivity index (χ0) is 13.5. The number of aliphatic carboxylic acids is 1. The van der Waals surface area contributed by atoms with Crippen molar-refractivity contribution in [3.63, 3.8) is 0 Å². The fourth-order valence-electron chi connectivity index (χ4n) is 2.11. The molecule has 0 amide bonds. The minimum Gasteiger partial charge on any atom is -0.481 e. The summed E-state index contributed by atoms with van der Waals surface area (Å²) in [7, 11) is -3.67. The maximum atomic E-state index is 12.2. The second kappa shape index (κ2) is 4.36. The fraction of sp³-hybridized carbons (Fsp3) is 0.600. The highest BCUT2D eigenvalue weighted by molar-refractivity contribution is 7.89. The van der Waals surface area contributed by atoms with Crippen LogP contribution in [0.15, 0.2) is 11.2 Å². The van der Waals surface area contributed by atoms with Crippen molar-refractivity contribution < 1.29 is 18.3 Å². The van der Waals surface area contributed by atoms with E-state index in [1.54, 1.807) is 13.8 Å². The van der Waals surface area contributed by atoms with Crippen LogP contribution in [0.2, 0.25) is 0 Å². The lowest BCUT2D eigenvalue weighted by Crippen LogP contribution is -2.30. The second-order valence-corrected chi connectivity index (χ2v) is 6.48. The third-order valence-corrected chi connectivity index (χ3v) is 4.93. The minimum absolute atomic E-state index is 0.0108. The number of aryl methyl sites for hydroxylation is 1. The van der Waals surface area contributed by atoms with Gasteiger partial charge < -0.3 is 10.1 Å². The Morgan fingerprint density at radius 2 is 2.22 bits per heavy atom. The maximum absolute atomic E-state index is 12.2. The number of hydrogen-bond donors (Lipinski definition) is 2. The van der Waals surface area contributed by atoms with Crippen LogP contribution in [0.5, 0.6) is 0 Å². The van der Waals surface area contributed by atoms with E-state index >= 15 is 0 Å². The molecule has 0 radical (unpaired) electrons. The molecule has 2 rings (SSSR count). The van der Waals surface area contributed by atoms with E-state index in [0.717, 1.165) is 0 Å². The number of imidazole rings is 1. The third-order valence-electron chi connectivity index (χ3n) is 3.19. The van der Waals surface area contributed by atoms with E-state index in [2.05, 4.69) is 9.97 Å². The molecule has 0 aliphatic carbocycles. The lowest BCUT2D eigenvalue weighted by Gasteiger charge is -2.14. The van der Waals surface area contributed by atoms with Crippen molar-refractivity contribution in [2.75, 3.05) is 13.1 Å². The summed E-state index contributed by atoms with van der Waals surface area (Å²) in [6.45, 7) is 3.63. The van der Waals surface area contributed by atoms with Crippen molar-refractivity contribution in [1.29, 1.82) is 0 Å². The number of sulfonamides is 1. The monoisotopic (exact) mass is 273 g/mol. The zero-order valence-corrected chi connectivity index (χ0v) is 10.9. The number of aromatic nitrogens is 2. The molecule has 0 aromatic carbocycles. The second-order valence-electron chi connectivity index (χ2n) is 4.58. The van der Waals surface area contributed by atoms with Crippen LogP contribution in [0.1, 0.15) is 12.7 Å². The van der Waals surface area contributed by atoms with Gasteiger partial charge in [0.15, 0.2) is 5.03 Å². The Hall–Kier alpha value is -1.41. The maximum Gasteiger partial charge on any atom is 0.308 e. The summed E-state index contributed by atoms with van der Waals surface area (Å²) >= 11 is 0. The standard InChI is InChI=1S/C10H15N3O4S/c1-6-4-13(5-8(6)10(14)15)18(16,17)9-3-11-7(2)12-9/h3,6,8H,4-5H2,1-2H3,(H,11,12)(H,14,15)/t6-,8-/m1/s1. The van der Waals surface area contributed by atoms with Gasteiger partial charge >= 0.3 is 5.97 Å². The van der Waals surface area contributed by atoms with Gasteiger partial charge in [0.2, 0.25) is 0 Å². The molecule has 1 aromatic heterocycles. The SMILES string of the molecule is Cc1ncc(S(=O)(=O)N2C[C@@H](C)[C@H](C(=O)O)C2)[nH]1. The number of aromatic amines is 1. The van der Waals surface area contributed by atoms with Gasteiger partial charge in [-0.25, -0.2) is 13.4 Å². The van der Waals surface area contributed by atoms with Crippen LogP contribution in [0, 0.1) is 18.8 Å². The van der Waals surface area contributed by atoms with Crippen molar-refractivity contribution in [2.45, 2.75) is 18.9 Å². The van der Waals surface area contributed by atoms with Gasteiger partial charge in [0.1, 0.15) is 5.82 Å². The van der Waals surface area contributed by atoms with E-state index in [0.29, 0.717) is 5.82 Å². The first-order valence-corrected chi connectivity index (χ1v) is 7.01. The number of carboxylic acids is 1. The number of carboxylic acid groups (broad SMARTS) is 1. The van der Waals surface area contributed by atoms with E-state index < -0.39 is 21.9 Å². The first-order chi connectivity index (χ1) is 8.32. The molecule has 2 atom stereocenters. The van der Waals surface area contributed by atoms with E-state index in [-0.39, 0.29) is 24.0 Å².